The van der Waals surface area contributed by atoms with Crippen molar-refractivity contribution in [2.24, 2.45) is 0 Å². The molecular weight excluding hydrogens is 421 g/mol. The number of nitrogens with zero attached hydrogens (tertiary/aromatic N) is 2. The Morgan fingerprint density at radius 2 is 1.47 bits per heavy atom. The van der Waals surface area contributed by atoms with Crippen LogP contribution in [-0.2, 0) is 11.0 Å². The van der Waals surface area contributed by atoms with Crippen molar-refractivity contribution in [3.8, 4) is 0 Å². The van der Waals surface area contributed by atoms with Crippen molar-refractivity contribution < 1.29 is 27.6 Å². The maximum absolute atomic E-state index is 12.9. The van der Waals surface area contributed by atoms with Gasteiger partial charge in [0.2, 0.25) is 5.91 Å². The second-order valence-corrected chi connectivity index (χ2v) is 7.97. The molecule has 0 unspecified atom stereocenters. The fraction of sp³-hybridized carbons (Fsp3) is 0.375. The molecule has 1 heterocycles. The number of ketones is 1. The lowest BCUT2D eigenvalue weighted by atomic mass is 10.0. The zero-order chi connectivity index (χ0) is 23.5. The Bertz CT molecular complexity index is 1030. The zero-order valence-corrected chi connectivity index (χ0v) is 18.0. The number of rotatable bonds is 5. The van der Waals surface area contributed by atoms with Crippen molar-refractivity contribution in [3.05, 3.63) is 70.3 Å². The summed E-state index contributed by atoms with van der Waals surface area (Å²) < 4.78 is 38.7. The van der Waals surface area contributed by atoms with Crippen molar-refractivity contribution in [1.29, 1.82) is 0 Å². The van der Waals surface area contributed by atoms with Crippen LogP contribution in [0.3, 0.4) is 0 Å². The summed E-state index contributed by atoms with van der Waals surface area (Å²) in [5, 5.41) is 0. The van der Waals surface area contributed by atoms with Gasteiger partial charge in [0.15, 0.2) is 5.78 Å². The SMILES string of the molecule is Cc1ccc(C(=O)CCC(=O)N2CCN(C(=O)c3cccc(C(F)(F)F)c3)CC2)cc1C. The van der Waals surface area contributed by atoms with E-state index in [0.717, 1.165) is 23.3 Å². The number of aryl methyl sites for hydroxylation is 2. The third-order valence-electron chi connectivity index (χ3n) is 5.75. The van der Waals surface area contributed by atoms with Crippen molar-refractivity contribution in [1.82, 2.24) is 9.80 Å². The van der Waals surface area contributed by atoms with Gasteiger partial charge in [-0.1, -0.05) is 18.2 Å². The first-order chi connectivity index (χ1) is 15.1. The van der Waals surface area contributed by atoms with Crippen molar-refractivity contribution in [3.63, 3.8) is 0 Å². The summed E-state index contributed by atoms with van der Waals surface area (Å²) in [6.45, 7) is 4.91. The van der Waals surface area contributed by atoms with E-state index in [1.54, 1.807) is 11.0 Å². The molecule has 5 nitrogen and oxygen atoms in total. The second kappa shape index (κ2) is 9.54. The van der Waals surface area contributed by atoms with E-state index in [-0.39, 0.29) is 56.3 Å². The predicted molar refractivity (Wildman–Crippen MR) is 113 cm³/mol. The van der Waals surface area contributed by atoms with Gasteiger partial charge in [-0.05, 0) is 49.2 Å². The van der Waals surface area contributed by atoms with E-state index >= 15 is 0 Å². The lowest BCUT2D eigenvalue weighted by molar-refractivity contribution is -0.137. The molecule has 2 aromatic rings. The predicted octanol–water partition coefficient (Wildman–Crippen LogP) is 4.27. The third-order valence-corrected chi connectivity index (χ3v) is 5.75. The number of Topliss-reactive ketones (excluding diaryl/α,β-unsaturated/α-hetero) is 1. The van der Waals surface area contributed by atoms with Gasteiger partial charge < -0.3 is 9.80 Å². The number of hydrogen-bond acceptors (Lipinski definition) is 3. The largest absolute Gasteiger partial charge is 0.416 e. The molecule has 8 heteroatoms. The lowest BCUT2D eigenvalue weighted by Gasteiger charge is -2.35. The minimum Gasteiger partial charge on any atom is -0.339 e. The summed E-state index contributed by atoms with van der Waals surface area (Å²) in [5.74, 6) is -0.763. The molecule has 1 aliphatic rings. The zero-order valence-electron chi connectivity index (χ0n) is 18.0. The molecule has 0 aliphatic carbocycles. The molecule has 170 valence electrons. The van der Waals surface area contributed by atoms with E-state index in [0.29, 0.717) is 5.56 Å². The number of amides is 2. The van der Waals surface area contributed by atoms with Crippen LogP contribution in [0.1, 0.15) is 50.2 Å². The van der Waals surface area contributed by atoms with Crippen LogP contribution < -0.4 is 0 Å². The fourth-order valence-corrected chi connectivity index (χ4v) is 3.61. The minimum atomic E-state index is -4.52. The molecule has 2 amide bonds. The van der Waals surface area contributed by atoms with E-state index in [2.05, 4.69) is 0 Å². The summed E-state index contributed by atoms with van der Waals surface area (Å²) >= 11 is 0. The highest BCUT2D eigenvalue weighted by Gasteiger charge is 2.32. The van der Waals surface area contributed by atoms with E-state index in [1.165, 1.54) is 17.0 Å². The van der Waals surface area contributed by atoms with E-state index < -0.39 is 17.6 Å². The second-order valence-electron chi connectivity index (χ2n) is 7.97. The first-order valence-corrected chi connectivity index (χ1v) is 10.4. The summed E-state index contributed by atoms with van der Waals surface area (Å²) in [7, 11) is 0. The van der Waals surface area contributed by atoms with Gasteiger partial charge in [0.25, 0.3) is 5.91 Å². The number of halogens is 3. The summed E-state index contributed by atoms with van der Waals surface area (Å²) in [6, 6.07) is 9.79. The van der Waals surface area contributed by atoms with Gasteiger partial charge in [-0.2, -0.15) is 13.2 Å². The Morgan fingerprint density at radius 3 is 2.09 bits per heavy atom. The van der Waals surface area contributed by atoms with Crippen LogP contribution in [-0.4, -0.2) is 53.6 Å². The first-order valence-electron chi connectivity index (χ1n) is 10.4. The van der Waals surface area contributed by atoms with Gasteiger partial charge in [0.05, 0.1) is 5.56 Å². The topological polar surface area (TPSA) is 57.7 Å². The third kappa shape index (κ3) is 5.55. The molecular formula is C24H25F3N2O3. The van der Waals surface area contributed by atoms with E-state index in [9.17, 15) is 27.6 Å². The highest BCUT2D eigenvalue weighted by molar-refractivity contribution is 5.98. The quantitative estimate of drug-likeness (QED) is 0.645. The molecule has 0 radical (unpaired) electrons. The number of alkyl halides is 3. The van der Waals surface area contributed by atoms with Gasteiger partial charge in [0, 0.05) is 50.1 Å². The van der Waals surface area contributed by atoms with Crippen LogP contribution in [0.5, 0.6) is 0 Å². The Kier molecular flexibility index (Phi) is 7.01. The average molecular weight is 446 g/mol. The molecule has 0 spiro atoms. The first kappa shape index (κ1) is 23.5. The summed E-state index contributed by atoms with van der Waals surface area (Å²) in [4.78, 5) is 40.5. The highest BCUT2D eigenvalue weighted by Crippen LogP contribution is 2.29. The van der Waals surface area contributed by atoms with Crippen LogP contribution in [0.4, 0.5) is 13.2 Å². The molecule has 0 aromatic heterocycles. The molecule has 2 aromatic carbocycles. The maximum atomic E-state index is 12.9. The smallest absolute Gasteiger partial charge is 0.339 e. The standard InChI is InChI=1S/C24H25F3N2O3/c1-16-6-7-18(14-17(16)2)21(30)8-9-22(31)28-10-12-29(13-11-28)23(32)19-4-3-5-20(15-19)24(25,26)27/h3-7,14-15H,8-13H2,1-2H3. The molecule has 0 N–H and O–H groups in total. The fourth-order valence-electron chi connectivity index (χ4n) is 3.61. The molecule has 1 fully saturated rings. The van der Waals surface area contributed by atoms with Crippen molar-refractivity contribution >= 4 is 17.6 Å². The van der Waals surface area contributed by atoms with Gasteiger partial charge in [-0.15, -0.1) is 0 Å². The monoisotopic (exact) mass is 446 g/mol. The number of hydrogen-bond donors (Lipinski definition) is 0. The molecule has 0 atom stereocenters. The highest BCUT2D eigenvalue weighted by atomic mass is 19.4. The van der Waals surface area contributed by atoms with Crippen LogP contribution in [0.25, 0.3) is 0 Å². The van der Waals surface area contributed by atoms with E-state index in [4.69, 9.17) is 0 Å². The van der Waals surface area contributed by atoms with Crippen LogP contribution >= 0.6 is 0 Å². The normalized spacial score (nSPS) is 14.4. The molecule has 1 saturated heterocycles. The maximum Gasteiger partial charge on any atom is 0.416 e. The molecule has 32 heavy (non-hydrogen) atoms. The Balaban J connectivity index is 1.51. The average Bonchev–Trinajstić information content (AvgIpc) is 2.78. The Morgan fingerprint density at radius 1 is 0.812 bits per heavy atom. The molecule has 3 rings (SSSR count). The summed E-state index contributed by atoms with van der Waals surface area (Å²) in [5.41, 5.74) is 1.79. The van der Waals surface area contributed by atoms with Crippen LogP contribution in [0.15, 0.2) is 42.5 Å². The van der Waals surface area contributed by atoms with Crippen LogP contribution in [0.2, 0.25) is 0 Å². The molecule has 1 aliphatic heterocycles. The minimum absolute atomic E-state index is 0.0291. The van der Waals surface area contributed by atoms with Gasteiger partial charge in [-0.3, -0.25) is 14.4 Å². The molecule has 0 saturated carbocycles. The Hall–Kier alpha value is -3.16. The number of carbonyl (C=O) groups is 3. The Labute approximate surface area is 184 Å². The van der Waals surface area contributed by atoms with Gasteiger partial charge in [-0.25, -0.2) is 0 Å². The summed E-state index contributed by atoms with van der Waals surface area (Å²) in [6.07, 6.45) is -4.34. The van der Waals surface area contributed by atoms with Crippen LogP contribution in [0, 0.1) is 13.8 Å². The number of piperazine rings is 1. The number of carbonyl (C=O) groups excluding carboxylic acids is 3. The lowest BCUT2D eigenvalue weighted by Crippen LogP contribution is -2.50. The van der Waals surface area contributed by atoms with Crippen molar-refractivity contribution in [2.75, 3.05) is 26.2 Å². The number of benzene rings is 2. The van der Waals surface area contributed by atoms with Gasteiger partial charge in [0.1, 0.15) is 0 Å². The molecule has 0 bridgehead atoms. The van der Waals surface area contributed by atoms with Crippen molar-refractivity contribution in [2.45, 2.75) is 32.9 Å². The van der Waals surface area contributed by atoms with Gasteiger partial charge >= 0.3 is 6.18 Å². The van der Waals surface area contributed by atoms with E-state index in [1.807, 2.05) is 26.0 Å².